The molecular formula is C25H40. The topological polar surface area (TPSA) is 0 Å². The van der Waals surface area contributed by atoms with Crippen LogP contribution in [0.15, 0.2) is 78.4 Å². The molecule has 1 rings (SSSR count). The van der Waals surface area contributed by atoms with Crippen molar-refractivity contribution >= 4 is 0 Å². The molecule has 0 fully saturated rings. The number of hydrogen-bond acceptors (Lipinski definition) is 0. The van der Waals surface area contributed by atoms with E-state index < -0.39 is 0 Å². The van der Waals surface area contributed by atoms with Gasteiger partial charge in [0.2, 0.25) is 0 Å². The summed E-state index contributed by atoms with van der Waals surface area (Å²) in [6.45, 7) is 22.9. The van der Waals surface area contributed by atoms with E-state index >= 15 is 0 Å². The zero-order valence-electron chi connectivity index (χ0n) is 18.1. The minimum atomic E-state index is -0.172. The van der Waals surface area contributed by atoms with Crippen molar-refractivity contribution in [2.24, 2.45) is 5.92 Å². The highest BCUT2D eigenvalue weighted by molar-refractivity contribution is 5.52. The largest absolute Gasteiger partial charge is 0.0988 e. The zero-order valence-corrected chi connectivity index (χ0v) is 18.1. The molecule has 0 aliphatic carbocycles. The molecule has 0 N–H and O–H groups in total. The average Bonchev–Trinajstić information content (AvgIpc) is 2.67. The second-order valence-corrected chi connectivity index (χ2v) is 5.81. The summed E-state index contributed by atoms with van der Waals surface area (Å²) < 4.78 is 0. The molecule has 0 saturated carbocycles. The Labute approximate surface area is 158 Å². The van der Waals surface area contributed by atoms with E-state index in [0.29, 0.717) is 5.92 Å². The Hall–Kier alpha value is -1.82. The number of benzene rings is 1. The predicted octanol–water partition coefficient (Wildman–Crippen LogP) is 8.29. The van der Waals surface area contributed by atoms with Crippen molar-refractivity contribution in [2.45, 2.75) is 67.7 Å². The van der Waals surface area contributed by atoms with Crippen LogP contribution >= 0.6 is 0 Å². The molecule has 0 bridgehead atoms. The van der Waals surface area contributed by atoms with Gasteiger partial charge < -0.3 is 0 Å². The molecule has 0 aliphatic heterocycles. The van der Waals surface area contributed by atoms with E-state index in [4.69, 9.17) is 0 Å². The van der Waals surface area contributed by atoms with Gasteiger partial charge in [-0.2, -0.15) is 0 Å². The van der Waals surface area contributed by atoms with E-state index in [0.717, 1.165) is 0 Å². The molecule has 0 saturated heterocycles. The summed E-state index contributed by atoms with van der Waals surface area (Å²) in [5.74, 6) is 0.491. The molecule has 1 unspecified atom stereocenters. The van der Waals surface area contributed by atoms with E-state index in [1.807, 2.05) is 33.8 Å². The summed E-state index contributed by atoms with van der Waals surface area (Å²) in [6, 6.07) is 10.7. The summed E-state index contributed by atoms with van der Waals surface area (Å²) in [7, 11) is 0. The molecule has 1 aromatic rings. The van der Waals surface area contributed by atoms with Crippen LogP contribution < -0.4 is 0 Å². The Morgan fingerprint density at radius 2 is 1.48 bits per heavy atom. The molecule has 140 valence electrons. The van der Waals surface area contributed by atoms with Crippen LogP contribution in [0.5, 0.6) is 0 Å². The van der Waals surface area contributed by atoms with Crippen LogP contribution in [0.2, 0.25) is 0 Å². The molecule has 0 aliphatic rings. The van der Waals surface area contributed by atoms with E-state index in [9.17, 15) is 0 Å². The van der Waals surface area contributed by atoms with Crippen molar-refractivity contribution in [3.63, 3.8) is 0 Å². The van der Waals surface area contributed by atoms with Gasteiger partial charge >= 0.3 is 0 Å². The highest BCUT2D eigenvalue weighted by Crippen LogP contribution is 2.40. The first-order chi connectivity index (χ1) is 12.0. The monoisotopic (exact) mass is 340 g/mol. The van der Waals surface area contributed by atoms with Crippen molar-refractivity contribution in [1.29, 1.82) is 0 Å². The van der Waals surface area contributed by atoms with E-state index in [-0.39, 0.29) is 5.41 Å². The predicted molar refractivity (Wildman–Crippen MR) is 118 cm³/mol. The summed E-state index contributed by atoms with van der Waals surface area (Å²) in [5, 5.41) is 0. The molecule has 0 spiro atoms. The summed E-state index contributed by atoms with van der Waals surface area (Å²) >= 11 is 0. The standard InChI is InChI=1S/C21H28.2C2H6/c1-7-13-18(8-2)21(6,19(9-3)16-17(4)5)20-14-11-10-12-15-20;2*1-2/h7-17H,3H2,1-2,4-6H3;2*1-2H3/b13-7-,18-8+,19-16+;;. The number of rotatable bonds is 6. The molecular weight excluding hydrogens is 300 g/mol. The van der Waals surface area contributed by atoms with Crippen molar-refractivity contribution in [3.8, 4) is 0 Å². The van der Waals surface area contributed by atoms with Crippen LogP contribution in [0.4, 0.5) is 0 Å². The van der Waals surface area contributed by atoms with Gasteiger partial charge in [-0.3, -0.25) is 0 Å². The smallest absolute Gasteiger partial charge is 0.0416 e. The Morgan fingerprint density at radius 1 is 0.960 bits per heavy atom. The quantitative estimate of drug-likeness (QED) is 0.457. The van der Waals surface area contributed by atoms with Crippen LogP contribution in [0.3, 0.4) is 0 Å². The number of allylic oxidation sites excluding steroid dienone is 7. The van der Waals surface area contributed by atoms with Crippen LogP contribution in [0, 0.1) is 5.92 Å². The maximum Gasteiger partial charge on any atom is 0.0416 e. The third-order valence-corrected chi connectivity index (χ3v) is 3.90. The van der Waals surface area contributed by atoms with E-state index in [1.165, 1.54) is 16.7 Å². The highest BCUT2D eigenvalue weighted by Gasteiger charge is 2.32. The second-order valence-electron chi connectivity index (χ2n) is 5.81. The third kappa shape index (κ3) is 7.30. The van der Waals surface area contributed by atoms with Crippen LogP contribution in [-0.4, -0.2) is 0 Å². The van der Waals surface area contributed by atoms with E-state index in [2.05, 4.69) is 95.8 Å². The fourth-order valence-corrected chi connectivity index (χ4v) is 2.80. The summed E-state index contributed by atoms with van der Waals surface area (Å²) in [5.41, 5.74) is 3.68. The average molecular weight is 341 g/mol. The third-order valence-electron chi connectivity index (χ3n) is 3.90. The molecule has 0 amide bonds. The molecule has 0 radical (unpaired) electrons. The molecule has 1 atom stereocenters. The fraction of sp³-hybridized carbons (Fsp3) is 0.440. The van der Waals surface area contributed by atoms with Gasteiger partial charge in [0.05, 0.1) is 0 Å². The van der Waals surface area contributed by atoms with Gasteiger partial charge in [-0.15, -0.1) is 0 Å². The normalized spacial score (nSPS) is 14.2. The van der Waals surface area contributed by atoms with Crippen molar-refractivity contribution in [1.82, 2.24) is 0 Å². The van der Waals surface area contributed by atoms with Gasteiger partial charge in [0.1, 0.15) is 0 Å². The first-order valence-corrected chi connectivity index (χ1v) is 9.70. The molecule has 25 heavy (non-hydrogen) atoms. The van der Waals surface area contributed by atoms with Gasteiger partial charge in [0, 0.05) is 5.41 Å². The summed E-state index contributed by atoms with van der Waals surface area (Å²) in [4.78, 5) is 0. The molecule has 0 heteroatoms. The van der Waals surface area contributed by atoms with Gasteiger partial charge in [-0.05, 0) is 43.4 Å². The SMILES string of the molecule is C=C/C(=C\C(C)C)C(C)(C(/C=C\C)=C/C)c1ccccc1.CC.CC. The molecule has 0 aromatic heterocycles. The van der Waals surface area contributed by atoms with Gasteiger partial charge in [0.25, 0.3) is 0 Å². The minimum Gasteiger partial charge on any atom is -0.0988 e. The van der Waals surface area contributed by atoms with Crippen LogP contribution in [0.25, 0.3) is 0 Å². The Kier molecular flexibility index (Phi) is 14.8. The van der Waals surface area contributed by atoms with E-state index in [1.54, 1.807) is 0 Å². The van der Waals surface area contributed by atoms with Gasteiger partial charge in [-0.25, -0.2) is 0 Å². The summed E-state index contributed by atoms with van der Waals surface area (Å²) in [6.07, 6.45) is 10.8. The maximum atomic E-state index is 4.06. The molecule has 1 aromatic carbocycles. The maximum absolute atomic E-state index is 4.06. The molecule has 0 heterocycles. The first-order valence-electron chi connectivity index (χ1n) is 9.70. The lowest BCUT2D eigenvalue weighted by molar-refractivity contribution is 0.671. The Morgan fingerprint density at radius 3 is 1.84 bits per heavy atom. The van der Waals surface area contributed by atoms with Crippen molar-refractivity contribution in [2.75, 3.05) is 0 Å². The Balaban J connectivity index is 0. The van der Waals surface area contributed by atoms with Gasteiger partial charge in [-0.1, -0.05) is 109 Å². The Bertz CT molecular complexity index is 541. The number of hydrogen-bond donors (Lipinski definition) is 0. The lowest BCUT2D eigenvalue weighted by Gasteiger charge is -2.34. The van der Waals surface area contributed by atoms with Gasteiger partial charge in [0.15, 0.2) is 0 Å². The van der Waals surface area contributed by atoms with Crippen LogP contribution in [-0.2, 0) is 5.41 Å². The molecule has 0 nitrogen and oxygen atoms in total. The lowest BCUT2D eigenvalue weighted by atomic mass is 9.69. The van der Waals surface area contributed by atoms with Crippen molar-refractivity contribution in [3.05, 3.63) is 84.0 Å². The highest BCUT2D eigenvalue weighted by atomic mass is 14.3. The van der Waals surface area contributed by atoms with Crippen LogP contribution in [0.1, 0.15) is 67.9 Å². The zero-order chi connectivity index (χ0) is 19.9. The second kappa shape index (κ2) is 14.5. The minimum absolute atomic E-state index is 0.172. The first kappa shape index (κ1) is 25.4. The fourth-order valence-electron chi connectivity index (χ4n) is 2.80. The lowest BCUT2D eigenvalue weighted by Crippen LogP contribution is -2.26. The van der Waals surface area contributed by atoms with Crippen molar-refractivity contribution < 1.29 is 0 Å².